The lowest BCUT2D eigenvalue weighted by molar-refractivity contribution is -0.148. The number of allylic oxidation sites excluding steroid dienone is 1. The second-order valence-electron chi connectivity index (χ2n) is 16.8. The van der Waals surface area contributed by atoms with Crippen LogP contribution in [0.3, 0.4) is 0 Å². The van der Waals surface area contributed by atoms with E-state index in [0.717, 1.165) is 15.7 Å². The molecule has 7 rings (SSSR count). The van der Waals surface area contributed by atoms with Gasteiger partial charge in [0, 0.05) is 43.1 Å². The van der Waals surface area contributed by atoms with Crippen LogP contribution in [0.2, 0.25) is 0 Å². The number of carbonyl (C=O) groups is 5. The molecule has 2 N–H and O–H groups in total. The van der Waals surface area contributed by atoms with Crippen LogP contribution in [-0.2, 0) is 29.2 Å². The molecule has 0 radical (unpaired) electrons. The zero-order valence-corrected chi connectivity index (χ0v) is 32.0. The fraction of sp³-hybridized carbons (Fsp3) is 0.525. The Labute approximate surface area is 318 Å². The van der Waals surface area contributed by atoms with Gasteiger partial charge in [0.05, 0.1) is 46.2 Å². The van der Waals surface area contributed by atoms with Gasteiger partial charge in [0.1, 0.15) is 0 Å². The van der Waals surface area contributed by atoms with Crippen molar-refractivity contribution in [3.05, 3.63) is 61.2 Å². The summed E-state index contributed by atoms with van der Waals surface area (Å²) in [4.78, 5) is 72.6. The van der Waals surface area contributed by atoms with Crippen molar-refractivity contribution < 1.29 is 41.2 Å². The quantitative estimate of drug-likeness (QED) is 0.260. The first-order valence-corrected chi connectivity index (χ1v) is 20.4. The van der Waals surface area contributed by atoms with Crippen LogP contribution in [0, 0.1) is 22.7 Å². The summed E-state index contributed by atoms with van der Waals surface area (Å²) in [6.45, 7) is 8.10. The van der Waals surface area contributed by atoms with Crippen LogP contribution in [0.5, 0.6) is 0 Å². The average Bonchev–Trinajstić information content (AvgIpc) is 3.99. The van der Waals surface area contributed by atoms with Crippen LogP contribution in [0.15, 0.2) is 61.2 Å². The minimum atomic E-state index is -3.91. The Morgan fingerprint density at radius 2 is 1.62 bits per heavy atom. The number of ketones is 1. The summed E-state index contributed by atoms with van der Waals surface area (Å²) in [7, 11) is -3.91. The molecule has 55 heavy (non-hydrogen) atoms. The zero-order valence-electron chi connectivity index (χ0n) is 31.2. The molecule has 2 saturated carbocycles. The van der Waals surface area contributed by atoms with Crippen molar-refractivity contribution in [3.8, 4) is 0 Å². The van der Waals surface area contributed by atoms with E-state index in [2.05, 4.69) is 16.6 Å². The van der Waals surface area contributed by atoms with Gasteiger partial charge in [0.2, 0.25) is 27.7 Å². The fourth-order valence-corrected chi connectivity index (χ4v) is 9.78. The van der Waals surface area contributed by atoms with Crippen molar-refractivity contribution in [1.82, 2.24) is 24.4 Å². The lowest BCUT2D eigenvalue weighted by atomic mass is 9.77. The van der Waals surface area contributed by atoms with Crippen molar-refractivity contribution in [3.63, 3.8) is 0 Å². The number of hydrogen-bond acceptors (Lipinski definition) is 7. The van der Waals surface area contributed by atoms with Gasteiger partial charge in [0.25, 0.3) is 5.92 Å². The SMILES string of the molecule is C=C[C@@H]1C[C@]1(CC(=O)[C@@H]1C[C@@H](NC(=O)n2c3ccccc3c3ccccc32)CN1C(=O)[C@@H](CC(=O)N1CCC(F)(F)C1)C(C)(C)C)C(=O)NS(=O)(=O)C1CC1. The number of halogens is 2. The van der Waals surface area contributed by atoms with Crippen molar-refractivity contribution in [2.45, 2.75) is 89.0 Å². The van der Waals surface area contributed by atoms with Gasteiger partial charge in [-0.1, -0.05) is 63.2 Å². The molecule has 3 aromatic rings. The van der Waals surface area contributed by atoms with Gasteiger partial charge >= 0.3 is 6.03 Å². The molecule has 12 nitrogen and oxygen atoms in total. The van der Waals surface area contributed by atoms with E-state index < -0.39 is 98.4 Å². The van der Waals surface area contributed by atoms with E-state index in [1.54, 1.807) is 25.3 Å². The number of alkyl halides is 2. The average molecular weight is 780 g/mol. The minimum Gasteiger partial charge on any atom is -0.336 e. The van der Waals surface area contributed by atoms with Gasteiger partial charge in [-0.25, -0.2) is 22.0 Å². The Hall–Kier alpha value is -4.66. The molecule has 5 atom stereocenters. The highest BCUT2D eigenvalue weighted by Crippen LogP contribution is 2.57. The van der Waals surface area contributed by atoms with Crippen LogP contribution >= 0.6 is 0 Å². The predicted molar refractivity (Wildman–Crippen MR) is 201 cm³/mol. The van der Waals surface area contributed by atoms with Gasteiger partial charge < -0.3 is 15.1 Å². The van der Waals surface area contributed by atoms with E-state index in [4.69, 9.17) is 0 Å². The molecule has 2 saturated heterocycles. The highest BCUT2D eigenvalue weighted by atomic mass is 32.2. The first kappa shape index (κ1) is 38.6. The van der Waals surface area contributed by atoms with Crippen molar-refractivity contribution in [2.24, 2.45) is 22.7 Å². The maximum atomic E-state index is 14.7. The number of fused-ring (bicyclic) bond motifs is 3. The fourth-order valence-electron chi connectivity index (χ4n) is 8.39. The maximum absolute atomic E-state index is 14.7. The van der Waals surface area contributed by atoms with E-state index in [1.807, 2.05) is 48.5 Å². The number of aromatic nitrogens is 1. The van der Waals surface area contributed by atoms with Gasteiger partial charge in [-0.2, -0.15) is 0 Å². The Morgan fingerprint density at radius 3 is 2.15 bits per heavy atom. The molecule has 0 spiro atoms. The number of rotatable bonds is 11. The third-order valence-electron chi connectivity index (χ3n) is 11.9. The lowest BCUT2D eigenvalue weighted by Gasteiger charge is -2.35. The molecule has 15 heteroatoms. The van der Waals surface area contributed by atoms with E-state index in [9.17, 15) is 41.2 Å². The molecule has 3 heterocycles. The summed E-state index contributed by atoms with van der Waals surface area (Å²) in [5, 5.41) is 4.10. The van der Waals surface area contributed by atoms with E-state index in [1.165, 1.54) is 11.0 Å². The van der Waals surface area contributed by atoms with Gasteiger partial charge in [-0.3, -0.25) is 28.5 Å². The monoisotopic (exact) mass is 779 g/mol. The molecule has 1 aromatic heterocycles. The normalized spacial score (nSPS) is 25.5. The number of sulfonamides is 1. The summed E-state index contributed by atoms with van der Waals surface area (Å²) in [6, 6.07) is 12.5. The number of nitrogens with one attached hydrogen (secondary N) is 2. The largest absolute Gasteiger partial charge is 0.336 e. The predicted octanol–water partition coefficient (Wildman–Crippen LogP) is 5.00. The van der Waals surface area contributed by atoms with Gasteiger partial charge in [-0.05, 0) is 49.1 Å². The standard InChI is InChI=1S/C40H47F2N5O7S/c1-5-24-20-39(24,36(51)44-55(53,54)26-14-15-26)21-33(48)32-18-25(43-37(52)47-30-12-8-6-10-27(30)28-11-7-9-13-31(28)47)22-46(32)35(50)29(38(2,3)4)19-34(49)45-17-16-40(41,42)23-45/h5-13,24-26,29,32H,1,14-23H2,2-4H3,(H,43,52)(H,44,51)/t24-,25-,29-,32+,39-/m1/s1. The van der Waals surface area contributed by atoms with E-state index >= 15 is 0 Å². The third kappa shape index (κ3) is 7.39. The second-order valence-corrected chi connectivity index (χ2v) is 18.8. The van der Waals surface area contributed by atoms with Crippen molar-refractivity contribution in [2.75, 3.05) is 19.6 Å². The highest BCUT2D eigenvalue weighted by Gasteiger charge is 2.61. The summed E-state index contributed by atoms with van der Waals surface area (Å²) in [5.41, 5.74) is -0.885. The van der Waals surface area contributed by atoms with Gasteiger partial charge in [-0.15, -0.1) is 6.58 Å². The Balaban J connectivity index is 1.18. The molecule has 2 aliphatic heterocycles. The smallest absolute Gasteiger partial charge is 0.326 e. The molecule has 4 fully saturated rings. The summed E-state index contributed by atoms with van der Waals surface area (Å²) in [5.74, 6) is -6.93. The molecule has 0 unspecified atom stereocenters. The highest BCUT2D eigenvalue weighted by molar-refractivity contribution is 7.90. The molecule has 2 aromatic carbocycles. The van der Waals surface area contributed by atoms with Crippen LogP contribution in [0.25, 0.3) is 21.8 Å². The Kier molecular flexibility index (Phi) is 9.70. The number of amides is 4. The number of Topliss-reactive ketones (excluding diaryl/α,β-unsaturated/α-hetero) is 1. The maximum Gasteiger partial charge on any atom is 0.326 e. The lowest BCUT2D eigenvalue weighted by Crippen LogP contribution is -2.49. The van der Waals surface area contributed by atoms with Gasteiger partial charge in [0.15, 0.2) is 5.78 Å². The number of para-hydroxylation sites is 2. The van der Waals surface area contributed by atoms with Crippen LogP contribution < -0.4 is 10.0 Å². The molecule has 4 amide bonds. The Morgan fingerprint density at radius 1 is 1.00 bits per heavy atom. The summed E-state index contributed by atoms with van der Waals surface area (Å²) >= 11 is 0. The molecule has 0 bridgehead atoms. The minimum absolute atomic E-state index is 0.00652. The third-order valence-corrected chi connectivity index (χ3v) is 13.7. The van der Waals surface area contributed by atoms with E-state index in [0.29, 0.717) is 23.9 Å². The first-order chi connectivity index (χ1) is 25.8. The molecular weight excluding hydrogens is 733 g/mol. The van der Waals surface area contributed by atoms with Crippen LogP contribution in [0.4, 0.5) is 13.6 Å². The number of carbonyl (C=O) groups excluding carboxylic acids is 5. The molecule has 294 valence electrons. The van der Waals surface area contributed by atoms with E-state index in [-0.39, 0.29) is 38.8 Å². The first-order valence-electron chi connectivity index (χ1n) is 18.8. The Bertz CT molecular complexity index is 2160. The van der Waals surface area contributed by atoms with Crippen molar-refractivity contribution in [1.29, 1.82) is 0 Å². The zero-order chi connectivity index (χ0) is 39.7. The molecule has 4 aliphatic rings. The molecule has 2 aliphatic carbocycles. The summed E-state index contributed by atoms with van der Waals surface area (Å²) in [6.07, 6.45) is 1.39. The second kappa shape index (κ2) is 13.8. The number of likely N-dealkylation sites (tertiary alicyclic amines) is 2. The number of nitrogens with zero attached hydrogens (tertiary/aromatic N) is 3. The summed E-state index contributed by atoms with van der Waals surface area (Å²) < 4.78 is 57.3. The van der Waals surface area contributed by atoms with Crippen molar-refractivity contribution >= 4 is 61.4 Å². The molecular formula is C40H47F2N5O7S. The van der Waals surface area contributed by atoms with Crippen LogP contribution in [-0.4, -0.2) is 95.2 Å². The topological polar surface area (TPSA) is 155 Å². The number of hydrogen-bond donors (Lipinski definition) is 2. The van der Waals surface area contributed by atoms with Crippen LogP contribution in [0.1, 0.15) is 65.7 Å². The number of benzene rings is 2.